The first-order valence-corrected chi connectivity index (χ1v) is 9.76. The van der Waals surface area contributed by atoms with Crippen molar-refractivity contribution in [3.05, 3.63) is 33.8 Å². The van der Waals surface area contributed by atoms with Gasteiger partial charge in [-0.25, -0.2) is 0 Å². The van der Waals surface area contributed by atoms with Gasteiger partial charge in [0.2, 0.25) is 0 Å². The minimum atomic E-state index is -0.153. The van der Waals surface area contributed by atoms with Crippen LogP contribution < -0.4 is 10.6 Å². The molecule has 0 saturated heterocycles. The van der Waals surface area contributed by atoms with Crippen LogP contribution >= 0.6 is 23.2 Å². The van der Waals surface area contributed by atoms with Crippen molar-refractivity contribution in [3.8, 4) is 0 Å². The third-order valence-electron chi connectivity index (χ3n) is 4.72. The van der Waals surface area contributed by atoms with E-state index in [2.05, 4.69) is 31.4 Å². The first-order valence-electron chi connectivity index (χ1n) is 9.00. The van der Waals surface area contributed by atoms with Crippen LogP contribution in [0.15, 0.2) is 23.2 Å². The molecule has 1 aliphatic rings. The number of nitrogens with one attached hydrogen (secondary N) is 2. The zero-order chi connectivity index (χ0) is 18.4. The molecular formula is C19H29Cl2N3O. The van der Waals surface area contributed by atoms with Gasteiger partial charge in [-0.1, -0.05) is 43.1 Å². The number of nitrogens with zero attached hydrogens (tertiary/aromatic N) is 1. The summed E-state index contributed by atoms with van der Waals surface area (Å²) < 4.78 is 0. The van der Waals surface area contributed by atoms with E-state index in [4.69, 9.17) is 28.2 Å². The van der Waals surface area contributed by atoms with Crippen molar-refractivity contribution >= 4 is 29.2 Å². The van der Waals surface area contributed by atoms with E-state index in [1.54, 1.807) is 0 Å². The minimum Gasteiger partial charge on any atom is -0.393 e. The molecule has 25 heavy (non-hydrogen) atoms. The molecule has 0 bridgehead atoms. The van der Waals surface area contributed by atoms with E-state index in [0.29, 0.717) is 22.6 Å². The lowest BCUT2D eigenvalue weighted by molar-refractivity contribution is 0.120. The monoisotopic (exact) mass is 385 g/mol. The van der Waals surface area contributed by atoms with Crippen LogP contribution in [0.25, 0.3) is 0 Å². The van der Waals surface area contributed by atoms with E-state index in [9.17, 15) is 5.11 Å². The molecule has 4 nitrogen and oxygen atoms in total. The second kappa shape index (κ2) is 9.11. The van der Waals surface area contributed by atoms with E-state index in [1.165, 1.54) is 0 Å². The van der Waals surface area contributed by atoms with Crippen molar-refractivity contribution in [2.45, 2.75) is 64.0 Å². The Balaban J connectivity index is 2.04. The highest BCUT2D eigenvalue weighted by Crippen LogP contribution is 2.30. The van der Waals surface area contributed by atoms with Gasteiger partial charge in [0.1, 0.15) is 0 Å². The van der Waals surface area contributed by atoms with E-state index < -0.39 is 0 Å². The Hall–Kier alpha value is -0.970. The normalized spacial score (nSPS) is 21.9. The van der Waals surface area contributed by atoms with Crippen LogP contribution in [0.5, 0.6) is 0 Å². The molecule has 0 aromatic heterocycles. The Morgan fingerprint density at radius 1 is 1.20 bits per heavy atom. The lowest BCUT2D eigenvalue weighted by Gasteiger charge is -2.29. The summed E-state index contributed by atoms with van der Waals surface area (Å²) in [5.74, 6) is 0.831. The van der Waals surface area contributed by atoms with E-state index in [1.807, 2.05) is 18.2 Å². The molecular weight excluding hydrogens is 357 g/mol. The maximum atomic E-state index is 9.65. The zero-order valence-electron chi connectivity index (χ0n) is 15.3. The molecule has 2 rings (SSSR count). The largest absolute Gasteiger partial charge is 0.393 e. The summed E-state index contributed by atoms with van der Waals surface area (Å²) in [6, 6.07) is 6.13. The Bertz CT molecular complexity index is 596. The molecule has 0 unspecified atom stereocenters. The number of aliphatic hydroxyl groups is 1. The molecule has 3 N–H and O–H groups in total. The topological polar surface area (TPSA) is 56.7 Å². The predicted molar refractivity (Wildman–Crippen MR) is 107 cm³/mol. The van der Waals surface area contributed by atoms with E-state index >= 15 is 0 Å². The number of hydrogen-bond donors (Lipinski definition) is 3. The average Bonchev–Trinajstić information content (AvgIpc) is 2.57. The fourth-order valence-electron chi connectivity index (χ4n) is 3.02. The molecule has 0 radical (unpaired) electrons. The van der Waals surface area contributed by atoms with Gasteiger partial charge in [0, 0.05) is 18.0 Å². The molecule has 140 valence electrons. The summed E-state index contributed by atoms with van der Waals surface area (Å²) in [6.07, 6.45) is 3.51. The smallest absolute Gasteiger partial charge is 0.191 e. The third-order valence-corrected chi connectivity index (χ3v) is 5.45. The molecule has 6 heteroatoms. The zero-order valence-corrected chi connectivity index (χ0v) is 16.8. The number of rotatable bonds is 5. The summed E-state index contributed by atoms with van der Waals surface area (Å²) in [5.41, 5.74) is 0.960. The second-order valence-corrected chi connectivity index (χ2v) is 8.17. The molecule has 0 atom stereocenters. The SMILES string of the molecule is CCNC(=NCC(C)(C)c1ccc(Cl)c(Cl)c1)NC1CCC(O)CC1. The molecule has 1 saturated carbocycles. The summed E-state index contributed by atoms with van der Waals surface area (Å²) in [7, 11) is 0. The van der Waals surface area contributed by atoms with Crippen LogP contribution in [0.2, 0.25) is 10.0 Å². The molecule has 1 aromatic carbocycles. The number of guanidine groups is 1. The van der Waals surface area contributed by atoms with Gasteiger partial charge in [-0.2, -0.15) is 0 Å². The number of halogens is 2. The Morgan fingerprint density at radius 2 is 1.88 bits per heavy atom. The maximum absolute atomic E-state index is 9.65. The van der Waals surface area contributed by atoms with Gasteiger partial charge in [-0.05, 0) is 50.3 Å². The van der Waals surface area contributed by atoms with Crippen molar-refractivity contribution in [2.24, 2.45) is 4.99 Å². The van der Waals surface area contributed by atoms with E-state index in [0.717, 1.165) is 43.8 Å². The maximum Gasteiger partial charge on any atom is 0.191 e. The van der Waals surface area contributed by atoms with Gasteiger partial charge < -0.3 is 15.7 Å². The third kappa shape index (κ3) is 6.05. The van der Waals surface area contributed by atoms with Gasteiger partial charge in [0.15, 0.2) is 5.96 Å². The first kappa shape index (κ1) is 20.3. The van der Waals surface area contributed by atoms with Gasteiger partial charge in [-0.15, -0.1) is 0 Å². The predicted octanol–water partition coefficient (Wildman–Crippen LogP) is 4.13. The summed E-state index contributed by atoms with van der Waals surface area (Å²) in [6.45, 7) is 7.81. The molecule has 0 spiro atoms. The Kier molecular flexibility index (Phi) is 7.41. The van der Waals surface area contributed by atoms with Crippen molar-refractivity contribution < 1.29 is 5.11 Å². The summed E-state index contributed by atoms with van der Waals surface area (Å²) >= 11 is 12.2. The number of hydrogen-bond acceptors (Lipinski definition) is 2. The van der Waals surface area contributed by atoms with E-state index in [-0.39, 0.29) is 11.5 Å². The van der Waals surface area contributed by atoms with Crippen molar-refractivity contribution in [1.29, 1.82) is 0 Å². The van der Waals surface area contributed by atoms with Crippen LogP contribution in [0.3, 0.4) is 0 Å². The Labute approximate surface area is 161 Å². The second-order valence-electron chi connectivity index (χ2n) is 7.36. The standard InChI is InChI=1S/C19H29Cl2N3O/c1-4-22-18(24-14-6-8-15(25)9-7-14)23-12-19(2,3)13-5-10-16(20)17(21)11-13/h5,10-11,14-15,25H,4,6-9,12H2,1-3H3,(H2,22,23,24). The van der Waals surface area contributed by atoms with Gasteiger partial charge in [0.05, 0.1) is 22.7 Å². The van der Waals surface area contributed by atoms with Crippen LogP contribution in [0.1, 0.15) is 52.0 Å². The Morgan fingerprint density at radius 3 is 2.48 bits per heavy atom. The number of aliphatic imine (C=N–C) groups is 1. The average molecular weight is 386 g/mol. The van der Waals surface area contributed by atoms with Crippen LogP contribution in [0.4, 0.5) is 0 Å². The number of benzene rings is 1. The van der Waals surface area contributed by atoms with Crippen molar-refractivity contribution in [2.75, 3.05) is 13.1 Å². The van der Waals surface area contributed by atoms with Gasteiger partial charge in [-0.3, -0.25) is 4.99 Å². The highest BCUT2D eigenvalue weighted by Gasteiger charge is 2.23. The lowest BCUT2D eigenvalue weighted by Crippen LogP contribution is -2.45. The molecule has 0 amide bonds. The van der Waals surface area contributed by atoms with Gasteiger partial charge >= 0.3 is 0 Å². The molecule has 1 aromatic rings. The molecule has 1 fully saturated rings. The minimum absolute atomic E-state index is 0.147. The van der Waals surface area contributed by atoms with Crippen LogP contribution in [-0.2, 0) is 5.41 Å². The summed E-state index contributed by atoms with van der Waals surface area (Å²) in [4.78, 5) is 4.78. The fourth-order valence-corrected chi connectivity index (χ4v) is 3.32. The fraction of sp³-hybridized carbons (Fsp3) is 0.632. The highest BCUT2D eigenvalue weighted by molar-refractivity contribution is 6.42. The summed E-state index contributed by atoms with van der Waals surface area (Å²) in [5, 5.41) is 17.6. The lowest BCUT2D eigenvalue weighted by atomic mass is 9.85. The van der Waals surface area contributed by atoms with Gasteiger partial charge in [0.25, 0.3) is 0 Å². The van der Waals surface area contributed by atoms with Crippen molar-refractivity contribution in [1.82, 2.24) is 10.6 Å². The molecule has 1 aliphatic carbocycles. The number of aliphatic hydroxyl groups excluding tert-OH is 1. The van der Waals surface area contributed by atoms with Crippen molar-refractivity contribution in [3.63, 3.8) is 0 Å². The first-order chi connectivity index (χ1) is 11.8. The van der Waals surface area contributed by atoms with Crippen LogP contribution in [0, 0.1) is 0 Å². The highest BCUT2D eigenvalue weighted by atomic mass is 35.5. The quantitative estimate of drug-likeness (QED) is 0.527. The molecule has 0 aliphatic heterocycles. The molecule has 0 heterocycles. The van der Waals surface area contributed by atoms with Crippen LogP contribution in [-0.4, -0.2) is 36.3 Å².